The number of pyridine rings is 1. The van der Waals surface area contributed by atoms with Gasteiger partial charge in [-0.15, -0.1) is 0 Å². The van der Waals surface area contributed by atoms with Gasteiger partial charge in [-0.1, -0.05) is 19.0 Å². The van der Waals surface area contributed by atoms with Crippen LogP contribution in [0.5, 0.6) is 0 Å². The van der Waals surface area contributed by atoms with Crippen molar-refractivity contribution in [2.75, 3.05) is 0 Å². The molecule has 1 amide bonds. The summed E-state index contributed by atoms with van der Waals surface area (Å²) in [4.78, 5) is 20.8. The second kappa shape index (κ2) is 7.09. The van der Waals surface area contributed by atoms with Gasteiger partial charge in [-0.3, -0.25) is 9.78 Å². The molecule has 2 aromatic heterocycles. The Hall–Kier alpha value is -2.28. The molecule has 2 heterocycles. The molecule has 0 spiro atoms. The minimum absolute atomic E-state index is 0.0817. The molecular formula is C17H22N4O3. The molecule has 7 nitrogen and oxygen atoms in total. The molecule has 3 unspecified atom stereocenters. The van der Waals surface area contributed by atoms with Crippen molar-refractivity contribution < 1.29 is 14.4 Å². The Morgan fingerprint density at radius 2 is 2.08 bits per heavy atom. The molecule has 1 aliphatic rings. The van der Waals surface area contributed by atoms with Crippen LogP contribution in [0, 0.1) is 11.8 Å². The average Bonchev–Trinajstić information content (AvgIpc) is 3.22. The van der Waals surface area contributed by atoms with Gasteiger partial charge in [0.05, 0.1) is 12.0 Å². The largest absolute Gasteiger partial charge is 0.392 e. The van der Waals surface area contributed by atoms with E-state index in [1.54, 1.807) is 24.5 Å². The summed E-state index contributed by atoms with van der Waals surface area (Å²) in [5.41, 5.74) is 0.806. The summed E-state index contributed by atoms with van der Waals surface area (Å²) in [6, 6.07) is 3.22. The van der Waals surface area contributed by atoms with Crippen LogP contribution in [0.15, 0.2) is 29.0 Å². The molecule has 1 saturated carbocycles. The number of aliphatic hydroxyl groups excluding tert-OH is 1. The van der Waals surface area contributed by atoms with Crippen LogP contribution in [0.25, 0.3) is 11.4 Å². The van der Waals surface area contributed by atoms with E-state index < -0.39 is 6.10 Å². The van der Waals surface area contributed by atoms with Crippen LogP contribution >= 0.6 is 0 Å². The smallest absolute Gasteiger partial charge is 0.249 e. The van der Waals surface area contributed by atoms with E-state index >= 15 is 0 Å². The average molecular weight is 330 g/mol. The molecule has 0 saturated heterocycles. The Labute approximate surface area is 140 Å². The van der Waals surface area contributed by atoms with Gasteiger partial charge in [0.15, 0.2) is 0 Å². The number of amides is 1. The van der Waals surface area contributed by atoms with E-state index in [0.717, 1.165) is 12.0 Å². The number of carbonyl (C=O) groups is 1. The zero-order chi connectivity index (χ0) is 17.1. The van der Waals surface area contributed by atoms with Crippen molar-refractivity contribution in [3.8, 4) is 11.4 Å². The molecule has 24 heavy (non-hydrogen) atoms. The summed E-state index contributed by atoms with van der Waals surface area (Å²) in [5.74, 6) is 0.417. The number of aromatic nitrogens is 3. The van der Waals surface area contributed by atoms with Gasteiger partial charge < -0.3 is 14.9 Å². The highest BCUT2D eigenvalue weighted by molar-refractivity contribution is 5.80. The molecule has 2 N–H and O–H groups in total. The first-order valence-corrected chi connectivity index (χ1v) is 8.28. The summed E-state index contributed by atoms with van der Waals surface area (Å²) in [6.07, 6.45) is 5.02. The zero-order valence-electron chi connectivity index (χ0n) is 13.8. The van der Waals surface area contributed by atoms with Gasteiger partial charge >= 0.3 is 0 Å². The highest BCUT2D eigenvalue weighted by Crippen LogP contribution is 2.28. The Kier molecular flexibility index (Phi) is 4.89. The molecule has 3 rings (SSSR count). The lowest BCUT2D eigenvalue weighted by atomic mass is 10.0. The quantitative estimate of drug-likeness (QED) is 0.870. The summed E-state index contributed by atoms with van der Waals surface area (Å²) in [7, 11) is 0. The number of aliphatic hydroxyl groups is 1. The summed E-state index contributed by atoms with van der Waals surface area (Å²) < 4.78 is 5.37. The minimum atomic E-state index is -0.562. The number of nitrogens with zero attached hydrogens (tertiary/aromatic N) is 3. The van der Waals surface area contributed by atoms with E-state index in [4.69, 9.17) is 4.52 Å². The molecular weight excluding hydrogens is 308 g/mol. The normalized spacial score (nSPS) is 21.8. The lowest BCUT2D eigenvalue weighted by Gasteiger charge is -2.22. The van der Waals surface area contributed by atoms with Crippen molar-refractivity contribution >= 4 is 5.91 Å². The first-order valence-electron chi connectivity index (χ1n) is 8.28. The minimum Gasteiger partial charge on any atom is -0.392 e. The molecule has 7 heteroatoms. The van der Waals surface area contributed by atoms with Gasteiger partial charge in [0.2, 0.25) is 17.6 Å². The van der Waals surface area contributed by atoms with Gasteiger partial charge in [0.1, 0.15) is 6.04 Å². The van der Waals surface area contributed by atoms with Gasteiger partial charge in [-0.25, -0.2) is 0 Å². The Bertz CT molecular complexity index is 686. The molecule has 1 fully saturated rings. The van der Waals surface area contributed by atoms with Crippen molar-refractivity contribution in [2.45, 2.75) is 45.3 Å². The predicted octanol–water partition coefficient (Wildman–Crippen LogP) is 2.11. The van der Waals surface area contributed by atoms with Crippen LogP contribution in [0.4, 0.5) is 0 Å². The molecule has 0 aliphatic heterocycles. The second-order valence-corrected chi connectivity index (χ2v) is 6.53. The van der Waals surface area contributed by atoms with E-state index in [1.165, 1.54) is 0 Å². The number of rotatable bonds is 5. The Morgan fingerprint density at radius 3 is 2.71 bits per heavy atom. The van der Waals surface area contributed by atoms with Crippen molar-refractivity contribution in [1.29, 1.82) is 0 Å². The van der Waals surface area contributed by atoms with E-state index in [9.17, 15) is 9.90 Å². The standard InChI is InChI=1S/C17H22N4O3/c1-10(2)14(19-16(23)12-4-3-5-13(12)22)17-20-15(21-24-17)11-6-8-18-9-7-11/h6-10,12-14,22H,3-5H2,1-2H3,(H,19,23). The second-order valence-electron chi connectivity index (χ2n) is 6.53. The number of carbonyl (C=O) groups excluding carboxylic acids is 1. The SMILES string of the molecule is CC(C)C(NC(=O)C1CCCC1O)c1nc(-c2ccncc2)no1. The molecule has 1 aliphatic carbocycles. The molecule has 128 valence electrons. The van der Waals surface area contributed by atoms with Crippen LogP contribution in [-0.4, -0.2) is 32.2 Å². The number of nitrogens with one attached hydrogen (secondary N) is 1. The van der Waals surface area contributed by atoms with Gasteiger partial charge in [0.25, 0.3) is 0 Å². The van der Waals surface area contributed by atoms with Crippen molar-refractivity contribution in [2.24, 2.45) is 11.8 Å². The van der Waals surface area contributed by atoms with Crippen LogP contribution in [0.2, 0.25) is 0 Å². The topological polar surface area (TPSA) is 101 Å². The summed E-state index contributed by atoms with van der Waals surface area (Å²) >= 11 is 0. The maximum absolute atomic E-state index is 12.5. The van der Waals surface area contributed by atoms with Crippen molar-refractivity contribution in [1.82, 2.24) is 20.4 Å². The lowest BCUT2D eigenvalue weighted by molar-refractivity contribution is -0.128. The van der Waals surface area contributed by atoms with Crippen LogP contribution in [0.1, 0.15) is 45.0 Å². The van der Waals surface area contributed by atoms with Crippen molar-refractivity contribution in [3.05, 3.63) is 30.4 Å². The predicted molar refractivity (Wildman–Crippen MR) is 86.6 cm³/mol. The molecule has 0 aromatic carbocycles. The zero-order valence-corrected chi connectivity index (χ0v) is 13.8. The van der Waals surface area contributed by atoms with E-state index in [-0.39, 0.29) is 23.8 Å². The van der Waals surface area contributed by atoms with Crippen LogP contribution < -0.4 is 5.32 Å². The van der Waals surface area contributed by atoms with Gasteiger partial charge in [0, 0.05) is 18.0 Å². The third-order valence-corrected chi connectivity index (χ3v) is 4.43. The maximum atomic E-state index is 12.5. The number of hydrogen-bond acceptors (Lipinski definition) is 6. The first kappa shape index (κ1) is 16.6. The first-order chi connectivity index (χ1) is 11.6. The van der Waals surface area contributed by atoms with E-state index in [2.05, 4.69) is 20.4 Å². The summed E-state index contributed by atoms with van der Waals surface area (Å²) in [5, 5.41) is 16.9. The third-order valence-electron chi connectivity index (χ3n) is 4.43. The maximum Gasteiger partial charge on any atom is 0.249 e. The fourth-order valence-corrected chi connectivity index (χ4v) is 3.00. The highest BCUT2D eigenvalue weighted by atomic mass is 16.5. The van der Waals surface area contributed by atoms with Gasteiger partial charge in [-0.2, -0.15) is 4.98 Å². The molecule has 2 aromatic rings. The lowest BCUT2D eigenvalue weighted by Crippen LogP contribution is -2.39. The monoisotopic (exact) mass is 330 g/mol. The fourth-order valence-electron chi connectivity index (χ4n) is 3.00. The van der Waals surface area contributed by atoms with Crippen molar-refractivity contribution in [3.63, 3.8) is 0 Å². The third kappa shape index (κ3) is 3.46. The summed E-state index contributed by atoms with van der Waals surface area (Å²) in [6.45, 7) is 3.96. The molecule has 0 bridgehead atoms. The van der Waals surface area contributed by atoms with Gasteiger partial charge in [-0.05, 0) is 37.3 Å². The van der Waals surface area contributed by atoms with E-state index in [0.29, 0.717) is 24.6 Å². The van der Waals surface area contributed by atoms with Crippen LogP contribution in [0.3, 0.4) is 0 Å². The Balaban J connectivity index is 1.76. The van der Waals surface area contributed by atoms with Crippen LogP contribution in [-0.2, 0) is 4.79 Å². The highest BCUT2D eigenvalue weighted by Gasteiger charge is 2.34. The Morgan fingerprint density at radius 1 is 1.33 bits per heavy atom. The molecule has 0 radical (unpaired) electrons. The molecule has 3 atom stereocenters. The fraction of sp³-hybridized carbons (Fsp3) is 0.529. The van der Waals surface area contributed by atoms with E-state index in [1.807, 2.05) is 13.8 Å². The number of hydrogen-bond donors (Lipinski definition) is 2.